The number of fused-ring (bicyclic) bond motifs is 1. The van der Waals surface area contributed by atoms with Crippen LogP contribution in [0.4, 0.5) is 5.69 Å². The van der Waals surface area contributed by atoms with E-state index in [1.54, 1.807) is 35.2 Å². The fourth-order valence-corrected chi connectivity index (χ4v) is 3.73. The molecule has 0 saturated carbocycles. The largest absolute Gasteiger partial charge is 0.350 e. The molecule has 0 unspecified atom stereocenters. The van der Waals surface area contributed by atoms with Crippen molar-refractivity contribution in [3.05, 3.63) is 64.2 Å². The monoisotopic (exact) mass is 384 g/mol. The van der Waals surface area contributed by atoms with Gasteiger partial charge in [0.1, 0.15) is 0 Å². The zero-order valence-electron chi connectivity index (χ0n) is 15.8. The lowest BCUT2D eigenvalue weighted by Gasteiger charge is -2.30. The summed E-state index contributed by atoms with van der Waals surface area (Å²) in [6.45, 7) is 4.79. The minimum Gasteiger partial charge on any atom is -0.350 e. The number of aryl methyl sites for hydroxylation is 1. The molecule has 1 aliphatic rings. The minimum atomic E-state index is -0.0628. The Morgan fingerprint density at radius 1 is 1.19 bits per heavy atom. The molecule has 2 amide bonds. The van der Waals surface area contributed by atoms with Gasteiger partial charge in [-0.05, 0) is 68.1 Å². The van der Waals surface area contributed by atoms with Crippen molar-refractivity contribution in [1.82, 2.24) is 5.32 Å². The van der Waals surface area contributed by atoms with Crippen LogP contribution in [0, 0.1) is 0 Å². The third-order valence-electron chi connectivity index (χ3n) is 4.88. The maximum atomic E-state index is 12.9. The number of amides is 2. The molecule has 27 heavy (non-hydrogen) atoms. The highest BCUT2D eigenvalue weighted by Gasteiger charge is 2.24. The number of carbonyl (C=O) groups is 2. The second-order valence-electron chi connectivity index (χ2n) is 7.08. The van der Waals surface area contributed by atoms with Crippen molar-refractivity contribution in [3.63, 3.8) is 0 Å². The first-order valence-corrected chi connectivity index (χ1v) is 9.88. The Morgan fingerprint density at radius 3 is 2.74 bits per heavy atom. The number of carbonyl (C=O) groups excluding carboxylic acids is 2. The average molecular weight is 385 g/mol. The molecule has 1 heterocycles. The van der Waals surface area contributed by atoms with E-state index in [0.29, 0.717) is 22.7 Å². The van der Waals surface area contributed by atoms with Crippen molar-refractivity contribution >= 4 is 29.1 Å². The number of halogens is 1. The molecule has 0 bridgehead atoms. The van der Waals surface area contributed by atoms with Crippen LogP contribution in [0.15, 0.2) is 42.5 Å². The Balaban J connectivity index is 1.82. The van der Waals surface area contributed by atoms with Crippen molar-refractivity contribution in [2.75, 3.05) is 11.4 Å². The zero-order valence-corrected chi connectivity index (χ0v) is 16.6. The molecule has 0 spiro atoms. The maximum absolute atomic E-state index is 12.9. The molecule has 0 saturated heterocycles. The molecule has 0 radical (unpaired) electrons. The van der Waals surface area contributed by atoms with E-state index >= 15 is 0 Å². The van der Waals surface area contributed by atoms with Crippen LogP contribution in [-0.4, -0.2) is 24.4 Å². The predicted octanol–water partition coefficient (Wildman–Crippen LogP) is 4.85. The summed E-state index contributed by atoms with van der Waals surface area (Å²) in [7, 11) is 0. The molecular weight excluding hydrogens is 360 g/mol. The van der Waals surface area contributed by atoms with Crippen LogP contribution in [-0.2, 0) is 6.42 Å². The zero-order chi connectivity index (χ0) is 19.4. The lowest BCUT2D eigenvalue weighted by Crippen LogP contribution is -2.36. The molecule has 142 valence electrons. The number of hydrogen-bond acceptors (Lipinski definition) is 2. The summed E-state index contributed by atoms with van der Waals surface area (Å²) < 4.78 is 0. The summed E-state index contributed by atoms with van der Waals surface area (Å²) in [5.74, 6) is -0.121. The van der Waals surface area contributed by atoms with E-state index in [9.17, 15) is 9.59 Å². The normalized spacial score (nSPS) is 14.4. The van der Waals surface area contributed by atoms with E-state index < -0.39 is 0 Å². The van der Waals surface area contributed by atoms with E-state index in [4.69, 9.17) is 11.6 Å². The average Bonchev–Trinajstić information content (AvgIpc) is 2.66. The SMILES string of the molecule is CCC[C@H](C)NC(=O)c1ccc2c(c1)CCCN2C(=O)c1cccc(Cl)c1. The van der Waals surface area contributed by atoms with E-state index in [-0.39, 0.29) is 17.9 Å². The van der Waals surface area contributed by atoms with Crippen molar-refractivity contribution in [1.29, 1.82) is 0 Å². The predicted molar refractivity (Wildman–Crippen MR) is 110 cm³/mol. The molecule has 2 aromatic carbocycles. The van der Waals surface area contributed by atoms with E-state index in [0.717, 1.165) is 36.9 Å². The van der Waals surface area contributed by atoms with Crippen LogP contribution in [0.2, 0.25) is 5.02 Å². The fourth-order valence-electron chi connectivity index (χ4n) is 3.54. The Labute approximate surface area is 165 Å². The van der Waals surface area contributed by atoms with Crippen LogP contribution in [0.25, 0.3) is 0 Å². The molecule has 0 fully saturated rings. The number of anilines is 1. The number of rotatable bonds is 5. The van der Waals surface area contributed by atoms with Gasteiger partial charge in [-0.25, -0.2) is 0 Å². The number of hydrogen-bond donors (Lipinski definition) is 1. The summed E-state index contributed by atoms with van der Waals surface area (Å²) in [6.07, 6.45) is 3.72. The van der Waals surface area contributed by atoms with Gasteiger partial charge in [-0.1, -0.05) is 31.0 Å². The first kappa shape index (κ1) is 19.4. The Bertz CT molecular complexity index is 850. The van der Waals surface area contributed by atoms with Crippen molar-refractivity contribution in [2.45, 2.75) is 45.6 Å². The molecule has 1 aliphatic heterocycles. The van der Waals surface area contributed by atoms with Gasteiger partial charge in [-0.15, -0.1) is 0 Å². The first-order chi connectivity index (χ1) is 13.0. The Kier molecular flexibility index (Phi) is 6.17. The number of benzene rings is 2. The van der Waals surface area contributed by atoms with Gasteiger partial charge in [-0.2, -0.15) is 0 Å². The minimum absolute atomic E-state index is 0.0583. The van der Waals surface area contributed by atoms with E-state index in [2.05, 4.69) is 12.2 Å². The van der Waals surface area contributed by atoms with E-state index in [1.807, 2.05) is 19.1 Å². The Morgan fingerprint density at radius 2 is 2.00 bits per heavy atom. The van der Waals surface area contributed by atoms with Crippen molar-refractivity contribution in [3.8, 4) is 0 Å². The van der Waals surface area contributed by atoms with Crippen LogP contribution < -0.4 is 10.2 Å². The molecule has 5 heteroatoms. The second kappa shape index (κ2) is 8.57. The lowest BCUT2D eigenvalue weighted by atomic mass is 9.98. The van der Waals surface area contributed by atoms with Gasteiger partial charge in [0.25, 0.3) is 11.8 Å². The van der Waals surface area contributed by atoms with Gasteiger partial charge < -0.3 is 10.2 Å². The van der Waals surface area contributed by atoms with Crippen LogP contribution in [0.5, 0.6) is 0 Å². The quantitative estimate of drug-likeness (QED) is 0.800. The number of nitrogens with one attached hydrogen (secondary N) is 1. The standard InChI is InChI=1S/C22H25ClN2O2/c1-3-6-15(2)24-21(26)17-10-11-20-16(13-17)8-5-12-25(20)22(27)18-7-4-9-19(23)14-18/h4,7,9-11,13-15H,3,5-6,8,12H2,1-2H3,(H,24,26)/t15-/m0/s1. The molecule has 1 atom stereocenters. The second-order valence-corrected chi connectivity index (χ2v) is 7.51. The van der Waals surface area contributed by atoms with Gasteiger partial charge in [0.05, 0.1) is 0 Å². The summed E-state index contributed by atoms with van der Waals surface area (Å²) in [6, 6.07) is 12.8. The molecule has 4 nitrogen and oxygen atoms in total. The summed E-state index contributed by atoms with van der Waals surface area (Å²) in [4.78, 5) is 27.2. The summed E-state index contributed by atoms with van der Waals surface area (Å²) in [5, 5.41) is 3.58. The highest BCUT2D eigenvalue weighted by Crippen LogP contribution is 2.30. The smallest absolute Gasteiger partial charge is 0.258 e. The summed E-state index contributed by atoms with van der Waals surface area (Å²) >= 11 is 6.03. The highest BCUT2D eigenvalue weighted by molar-refractivity contribution is 6.31. The molecule has 1 N–H and O–H groups in total. The summed E-state index contributed by atoms with van der Waals surface area (Å²) in [5.41, 5.74) is 3.14. The van der Waals surface area contributed by atoms with Gasteiger partial charge in [0.15, 0.2) is 0 Å². The van der Waals surface area contributed by atoms with Crippen molar-refractivity contribution < 1.29 is 9.59 Å². The number of nitrogens with zero attached hydrogens (tertiary/aromatic N) is 1. The van der Waals surface area contributed by atoms with Gasteiger partial charge in [0, 0.05) is 34.4 Å². The van der Waals surface area contributed by atoms with Gasteiger partial charge in [-0.3, -0.25) is 9.59 Å². The molecule has 2 aromatic rings. The lowest BCUT2D eigenvalue weighted by molar-refractivity contribution is 0.0937. The molecular formula is C22H25ClN2O2. The molecule has 3 rings (SSSR count). The van der Waals surface area contributed by atoms with Gasteiger partial charge in [0.2, 0.25) is 0 Å². The first-order valence-electron chi connectivity index (χ1n) is 9.51. The highest BCUT2D eigenvalue weighted by atomic mass is 35.5. The van der Waals surface area contributed by atoms with E-state index in [1.165, 1.54) is 0 Å². The molecule has 0 aliphatic carbocycles. The van der Waals surface area contributed by atoms with Crippen molar-refractivity contribution in [2.24, 2.45) is 0 Å². The van der Waals surface area contributed by atoms with Gasteiger partial charge >= 0.3 is 0 Å². The van der Waals surface area contributed by atoms with Crippen LogP contribution in [0.1, 0.15) is 59.4 Å². The maximum Gasteiger partial charge on any atom is 0.258 e. The third-order valence-corrected chi connectivity index (χ3v) is 5.11. The van der Waals surface area contributed by atoms with Crippen LogP contribution >= 0.6 is 11.6 Å². The fraction of sp³-hybridized carbons (Fsp3) is 0.364. The Hall–Kier alpha value is -2.33. The molecule has 0 aromatic heterocycles. The van der Waals surface area contributed by atoms with Crippen LogP contribution in [0.3, 0.4) is 0 Å². The third kappa shape index (κ3) is 4.51. The topological polar surface area (TPSA) is 49.4 Å².